The normalized spacial score (nSPS) is 14.8. The van der Waals surface area contributed by atoms with E-state index in [1.54, 1.807) is 42.5 Å². The maximum Gasteiger partial charge on any atom is 0.285 e. The Balaban J connectivity index is 1.76. The molecular weight excluding hydrogens is 338 g/mol. The molecule has 1 heterocycles. The fraction of sp³-hybridized carbons (Fsp3) is 0.222. The second kappa shape index (κ2) is 6.68. The lowest BCUT2D eigenvalue weighted by Gasteiger charge is -2.09. The lowest BCUT2D eigenvalue weighted by molar-refractivity contribution is 0.0949. The van der Waals surface area contributed by atoms with E-state index < -0.39 is 10.0 Å². The predicted molar refractivity (Wildman–Crippen MR) is 97.4 cm³/mol. The highest BCUT2D eigenvalue weighted by Crippen LogP contribution is 2.26. The first-order valence-electron chi connectivity index (χ1n) is 7.96. The van der Waals surface area contributed by atoms with E-state index in [4.69, 9.17) is 0 Å². The topological polar surface area (TPSA) is 87.6 Å². The number of nitrogens with one attached hydrogen (secondary N) is 2. The molecule has 0 radical (unpaired) electrons. The predicted octanol–water partition coefficient (Wildman–Crippen LogP) is 2.63. The van der Waals surface area contributed by atoms with Crippen molar-refractivity contribution in [2.75, 3.05) is 11.9 Å². The van der Waals surface area contributed by atoms with Gasteiger partial charge in [-0.05, 0) is 42.3 Å². The van der Waals surface area contributed by atoms with E-state index in [9.17, 15) is 13.2 Å². The van der Waals surface area contributed by atoms with Crippen LogP contribution < -0.4 is 10.6 Å². The van der Waals surface area contributed by atoms with Gasteiger partial charge < -0.3 is 10.6 Å². The lowest BCUT2D eigenvalue weighted by atomic mass is 10.1. The van der Waals surface area contributed by atoms with E-state index in [1.807, 2.05) is 13.8 Å². The zero-order chi connectivity index (χ0) is 18.0. The number of hydrogen-bond donors (Lipinski definition) is 2. The van der Waals surface area contributed by atoms with E-state index in [1.165, 1.54) is 6.07 Å². The Morgan fingerprint density at radius 1 is 1.08 bits per heavy atom. The molecule has 0 aliphatic carbocycles. The number of rotatable bonds is 4. The maximum atomic E-state index is 12.0. The summed E-state index contributed by atoms with van der Waals surface area (Å²) in [5.74, 6) is 0.534. The third kappa shape index (κ3) is 3.71. The molecule has 25 heavy (non-hydrogen) atoms. The summed E-state index contributed by atoms with van der Waals surface area (Å²) in [6.07, 6.45) is 0. The Bertz CT molecular complexity index is 932. The molecule has 6 nitrogen and oxygen atoms in total. The minimum absolute atomic E-state index is 0.133. The van der Waals surface area contributed by atoms with Crippen LogP contribution in [0.4, 0.5) is 5.69 Å². The van der Waals surface area contributed by atoms with Crippen molar-refractivity contribution >= 4 is 27.5 Å². The number of nitrogens with zero attached hydrogens (tertiary/aromatic N) is 1. The van der Waals surface area contributed by atoms with Gasteiger partial charge in [-0.15, -0.1) is 4.40 Å². The van der Waals surface area contributed by atoms with Crippen LogP contribution in [0.2, 0.25) is 0 Å². The average molecular weight is 357 g/mol. The van der Waals surface area contributed by atoms with Gasteiger partial charge in [0.25, 0.3) is 15.9 Å². The van der Waals surface area contributed by atoms with Gasteiger partial charge in [-0.25, -0.2) is 0 Å². The Morgan fingerprint density at radius 2 is 1.76 bits per heavy atom. The molecule has 0 bridgehead atoms. The van der Waals surface area contributed by atoms with E-state index in [0.29, 0.717) is 29.3 Å². The lowest BCUT2D eigenvalue weighted by Crippen LogP contribution is -2.27. The van der Waals surface area contributed by atoms with Crippen molar-refractivity contribution in [3.05, 3.63) is 59.7 Å². The van der Waals surface area contributed by atoms with Crippen LogP contribution in [0.5, 0.6) is 0 Å². The van der Waals surface area contributed by atoms with E-state index in [0.717, 1.165) is 0 Å². The molecular formula is C18H19N3O3S. The standard InChI is InChI=1S/C18H19N3O3S/c1-12(2)11-19-18(22)13-7-9-14(10-8-13)20-17-15-5-3-4-6-16(15)25(23,24)21-17/h3-10,12H,11H2,1-2H3,(H,19,22)(H,20,21). The number of sulfonamides is 1. The summed E-state index contributed by atoms with van der Waals surface area (Å²) >= 11 is 0. The van der Waals surface area contributed by atoms with Gasteiger partial charge in [-0.1, -0.05) is 26.0 Å². The van der Waals surface area contributed by atoms with Crippen LogP contribution in [-0.2, 0) is 10.0 Å². The van der Waals surface area contributed by atoms with Crippen molar-refractivity contribution in [3.8, 4) is 0 Å². The Labute approximate surface area is 147 Å². The first kappa shape index (κ1) is 17.2. The third-order valence-electron chi connectivity index (χ3n) is 3.71. The highest BCUT2D eigenvalue weighted by atomic mass is 32.2. The molecule has 3 rings (SSSR count). The van der Waals surface area contributed by atoms with Crippen molar-refractivity contribution in [3.63, 3.8) is 0 Å². The second-order valence-electron chi connectivity index (χ2n) is 6.22. The number of amides is 1. The summed E-state index contributed by atoms with van der Waals surface area (Å²) < 4.78 is 27.9. The van der Waals surface area contributed by atoms with Gasteiger partial charge in [-0.2, -0.15) is 8.42 Å². The highest BCUT2D eigenvalue weighted by molar-refractivity contribution is 7.90. The zero-order valence-corrected chi connectivity index (χ0v) is 14.8. The fourth-order valence-corrected chi connectivity index (χ4v) is 3.61. The quantitative estimate of drug-likeness (QED) is 0.880. The molecule has 7 heteroatoms. The summed E-state index contributed by atoms with van der Waals surface area (Å²) in [5, 5.41) is 5.86. The zero-order valence-electron chi connectivity index (χ0n) is 14.0. The monoisotopic (exact) mass is 357 g/mol. The summed E-state index contributed by atoms with van der Waals surface area (Å²) in [5.41, 5.74) is 1.75. The van der Waals surface area contributed by atoms with Gasteiger partial charge in [0, 0.05) is 23.4 Å². The SMILES string of the molecule is CC(C)CNC(=O)c1ccc(NC2=NS(=O)(=O)c3ccccc32)cc1. The van der Waals surface area contributed by atoms with Gasteiger partial charge in [-0.3, -0.25) is 4.79 Å². The van der Waals surface area contributed by atoms with Crippen LogP contribution in [-0.4, -0.2) is 26.7 Å². The molecule has 0 fully saturated rings. The number of carbonyl (C=O) groups is 1. The van der Waals surface area contributed by atoms with Crippen molar-refractivity contribution in [2.24, 2.45) is 10.3 Å². The molecule has 2 N–H and O–H groups in total. The van der Waals surface area contributed by atoms with E-state index in [-0.39, 0.29) is 16.6 Å². The minimum Gasteiger partial charge on any atom is -0.352 e. The van der Waals surface area contributed by atoms with Gasteiger partial charge >= 0.3 is 0 Å². The van der Waals surface area contributed by atoms with Crippen molar-refractivity contribution in [1.82, 2.24) is 5.32 Å². The van der Waals surface area contributed by atoms with Crippen LogP contribution in [0.3, 0.4) is 0 Å². The van der Waals surface area contributed by atoms with Crippen molar-refractivity contribution in [2.45, 2.75) is 18.7 Å². The van der Waals surface area contributed by atoms with Crippen molar-refractivity contribution in [1.29, 1.82) is 0 Å². The van der Waals surface area contributed by atoms with Gasteiger partial charge in [0.2, 0.25) is 0 Å². The van der Waals surface area contributed by atoms with Gasteiger partial charge in [0.1, 0.15) is 4.90 Å². The number of amidine groups is 1. The number of fused-ring (bicyclic) bond motifs is 1. The number of benzene rings is 2. The van der Waals surface area contributed by atoms with Crippen LogP contribution in [0.25, 0.3) is 0 Å². The van der Waals surface area contributed by atoms with E-state index in [2.05, 4.69) is 15.0 Å². The molecule has 0 saturated carbocycles. The first-order chi connectivity index (χ1) is 11.9. The van der Waals surface area contributed by atoms with Crippen LogP contribution in [0, 0.1) is 5.92 Å². The Kier molecular flexibility index (Phi) is 4.59. The molecule has 1 amide bonds. The van der Waals surface area contributed by atoms with Gasteiger partial charge in [0.15, 0.2) is 5.84 Å². The molecule has 1 aliphatic heterocycles. The van der Waals surface area contributed by atoms with Gasteiger partial charge in [0.05, 0.1) is 0 Å². The third-order valence-corrected chi connectivity index (χ3v) is 5.05. The van der Waals surface area contributed by atoms with Crippen LogP contribution in [0.1, 0.15) is 29.8 Å². The fourth-order valence-electron chi connectivity index (χ4n) is 2.44. The first-order valence-corrected chi connectivity index (χ1v) is 9.40. The molecule has 0 unspecified atom stereocenters. The molecule has 0 atom stereocenters. The molecule has 130 valence electrons. The van der Waals surface area contributed by atoms with Crippen LogP contribution >= 0.6 is 0 Å². The summed E-state index contributed by atoms with van der Waals surface area (Å²) in [6.45, 7) is 4.67. The van der Waals surface area contributed by atoms with E-state index >= 15 is 0 Å². The number of carbonyl (C=O) groups excluding carboxylic acids is 1. The molecule has 0 saturated heterocycles. The molecule has 1 aliphatic rings. The number of hydrogen-bond acceptors (Lipinski definition) is 4. The summed E-state index contributed by atoms with van der Waals surface area (Å²) in [4.78, 5) is 12.2. The number of anilines is 1. The Hall–Kier alpha value is -2.67. The summed E-state index contributed by atoms with van der Waals surface area (Å²) in [6, 6.07) is 13.5. The Morgan fingerprint density at radius 3 is 2.44 bits per heavy atom. The molecule has 0 spiro atoms. The average Bonchev–Trinajstić information content (AvgIpc) is 2.84. The molecule has 0 aromatic heterocycles. The van der Waals surface area contributed by atoms with Crippen LogP contribution in [0.15, 0.2) is 57.8 Å². The second-order valence-corrected chi connectivity index (χ2v) is 7.79. The minimum atomic E-state index is -3.65. The summed E-state index contributed by atoms with van der Waals surface area (Å²) in [7, 11) is -3.65. The molecule has 2 aromatic rings. The largest absolute Gasteiger partial charge is 0.352 e. The maximum absolute atomic E-state index is 12.0. The smallest absolute Gasteiger partial charge is 0.285 e. The molecule has 2 aromatic carbocycles. The highest BCUT2D eigenvalue weighted by Gasteiger charge is 2.28. The van der Waals surface area contributed by atoms with Crippen molar-refractivity contribution < 1.29 is 13.2 Å².